The first kappa shape index (κ1) is 9.98. The van der Waals surface area contributed by atoms with E-state index in [1.165, 1.54) is 7.11 Å². The van der Waals surface area contributed by atoms with Crippen molar-refractivity contribution >= 4 is 5.91 Å². The number of ether oxygens (including phenoxy) is 2. The highest BCUT2D eigenvalue weighted by molar-refractivity contribution is 5.94. The number of hydrogen-bond acceptors (Lipinski definition) is 3. The molecule has 0 unspecified atom stereocenters. The fraction of sp³-hybridized carbons (Fsp3) is 0.364. The summed E-state index contributed by atoms with van der Waals surface area (Å²) in [5, 5.41) is 2.64. The van der Waals surface area contributed by atoms with E-state index in [2.05, 4.69) is 5.32 Å². The van der Waals surface area contributed by atoms with Gasteiger partial charge in [0, 0.05) is 19.1 Å². The van der Waals surface area contributed by atoms with Crippen molar-refractivity contribution < 1.29 is 14.3 Å². The zero-order valence-electron chi connectivity index (χ0n) is 8.58. The molecule has 15 heavy (non-hydrogen) atoms. The molecule has 1 amide bonds. The van der Waals surface area contributed by atoms with Crippen LogP contribution >= 0.6 is 0 Å². The van der Waals surface area contributed by atoms with Crippen LogP contribution in [-0.2, 0) is 11.2 Å². The lowest BCUT2D eigenvalue weighted by Crippen LogP contribution is -2.25. The first-order chi connectivity index (χ1) is 7.31. The largest absolute Gasteiger partial charge is 0.493 e. The van der Waals surface area contributed by atoms with Gasteiger partial charge in [0.2, 0.25) is 0 Å². The van der Waals surface area contributed by atoms with Crippen LogP contribution < -0.4 is 10.1 Å². The summed E-state index contributed by atoms with van der Waals surface area (Å²) in [5.74, 6) is 0.768. The van der Waals surface area contributed by atoms with Crippen molar-refractivity contribution in [1.82, 2.24) is 5.32 Å². The minimum absolute atomic E-state index is 0.119. The van der Waals surface area contributed by atoms with Gasteiger partial charge in [0.05, 0.1) is 6.61 Å². The van der Waals surface area contributed by atoms with Gasteiger partial charge < -0.3 is 14.8 Å². The summed E-state index contributed by atoms with van der Waals surface area (Å²) in [6.45, 7) is 0.935. The predicted molar refractivity (Wildman–Crippen MR) is 55.0 cm³/mol. The Morgan fingerprint density at radius 3 is 3.27 bits per heavy atom. The van der Waals surface area contributed by atoms with Crippen molar-refractivity contribution in [2.24, 2.45) is 0 Å². The summed E-state index contributed by atoms with van der Waals surface area (Å²) in [6, 6.07) is 5.46. The molecule has 4 nitrogen and oxygen atoms in total. The number of amides is 1. The van der Waals surface area contributed by atoms with Gasteiger partial charge in [-0.05, 0) is 23.8 Å². The zero-order chi connectivity index (χ0) is 10.7. The van der Waals surface area contributed by atoms with Gasteiger partial charge in [0.25, 0.3) is 5.91 Å². The van der Waals surface area contributed by atoms with E-state index in [-0.39, 0.29) is 12.6 Å². The molecule has 2 rings (SSSR count). The van der Waals surface area contributed by atoms with Crippen molar-refractivity contribution in [3.05, 3.63) is 29.3 Å². The van der Waals surface area contributed by atoms with E-state index in [0.29, 0.717) is 12.2 Å². The maximum atomic E-state index is 11.6. The Hall–Kier alpha value is -1.55. The van der Waals surface area contributed by atoms with Crippen molar-refractivity contribution in [2.75, 3.05) is 20.4 Å². The molecule has 0 atom stereocenters. The summed E-state index contributed by atoms with van der Waals surface area (Å²) in [6.07, 6.45) is 0.876. The minimum atomic E-state index is -0.119. The van der Waals surface area contributed by atoms with Gasteiger partial charge in [-0.1, -0.05) is 0 Å². The molecule has 0 fully saturated rings. The molecule has 0 saturated carbocycles. The van der Waals surface area contributed by atoms with E-state index in [9.17, 15) is 4.79 Å². The molecule has 1 aliphatic rings. The second-order valence-corrected chi connectivity index (χ2v) is 3.36. The van der Waals surface area contributed by atoms with Crippen LogP contribution in [0.2, 0.25) is 0 Å². The monoisotopic (exact) mass is 207 g/mol. The third kappa shape index (κ3) is 2.10. The Labute approximate surface area is 88.2 Å². The number of carbonyl (C=O) groups excluding carboxylic acids is 1. The Kier molecular flexibility index (Phi) is 2.87. The topological polar surface area (TPSA) is 47.6 Å². The van der Waals surface area contributed by atoms with E-state index in [1.807, 2.05) is 12.1 Å². The van der Waals surface area contributed by atoms with Crippen LogP contribution in [0, 0.1) is 0 Å². The van der Waals surface area contributed by atoms with E-state index in [1.54, 1.807) is 6.07 Å². The third-order valence-corrected chi connectivity index (χ3v) is 2.33. The molecule has 1 aromatic rings. The minimum Gasteiger partial charge on any atom is -0.493 e. The summed E-state index contributed by atoms with van der Waals surface area (Å²) >= 11 is 0. The van der Waals surface area contributed by atoms with Crippen LogP contribution in [0.4, 0.5) is 0 Å². The van der Waals surface area contributed by atoms with E-state index in [0.717, 1.165) is 17.7 Å². The van der Waals surface area contributed by atoms with Gasteiger partial charge in [-0.15, -0.1) is 0 Å². The van der Waals surface area contributed by atoms with Crippen LogP contribution in [0.1, 0.15) is 15.9 Å². The highest BCUT2D eigenvalue weighted by Gasteiger charge is 2.14. The molecular formula is C11H13NO3. The average Bonchev–Trinajstić information content (AvgIpc) is 2.72. The maximum absolute atomic E-state index is 11.6. The normalized spacial score (nSPS) is 13.1. The molecule has 1 N–H and O–H groups in total. The molecule has 80 valence electrons. The number of methoxy groups -OCH3 is 1. The van der Waals surface area contributed by atoms with Gasteiger partial charge in [0.1, 0.15) is 12.5 Å². The fourth-order valence-electron chi connectivity index (χ4n) is 1.57. The van der Waals surface area contributed by atoms with Gasteiger partial charge in [-0.25, -0.2) is 0 Å². The highest BCUT2D eigenvalue weighted by Crippen LogP contribution is 2.25. The molecule has 1 aliphatic heterocycles. The number of fused-ring (bicyclic) bond motifs is 1. The molecule has 1 heterocycles. The van der Waals surface area contributed by atoms with Crippen LogP contribution in [-0.4, -0.2) is 26.4 Å². The molecular weight excluding hydrogens is 194 g/mol. The van der Waals surface area contributed by atoms with Gasteiger partial charge in [-0.3, -0.25) is 4.79 Å². The van der Waals surface area contributed by atoms with E-state index < -0.39 is 0 Å². The number of carbonyl (C=O) groups is 1. The Balaban J connectivity index is 2.12. The van der Waals surface area contributed by atoms with Crippen LogP contribution in [0.25, 0.3) is 0 Å². The summed E-state index contributed by atoms with van der Waals surface area (Å²) < 4.78 is 10.1. The van der Waals surface area contributed by atoms with Crippen molar-refractivity contribution in [2.45, 2.75) is 6.42 Å². The Morgan fingerprint density at radius 2 is 2.47 bits per heavy atom. The number of hydrogen-bond donors (Lipinski definition) is 1. The van der Waals surface area contributed by atoms with Crippen molar-refractivity contribution in [3.8, 4) is 5.75 Å². The molecule has 0 radical (unpaired) electrons. The maximum Gasteiger partial charge on any atom is 0.253 e. The second-order valence-electron chi connectivity index (χ2n) is 3.36. The van der Waals surface area contributed by atoms with Crippen LogP contribution in [0.15, 0.2) is 18.2 Å². The highest BCUT2D eigenvalue weighted by atomic mass is 16.5. The van der Waals surface area contributed by atoms with E-state index in [4.69, 9.17) is 9.47 Å². The predicted octanol–water partition coefficient (Wildman–Crippen LogP) is 0.955. The second kappa shape index (κ2) is 4.31. The SMILES string of the molecule is COCNC(=O)c1ccc2c(c1)CCO2. The van der Waals surface area contributed by atoms with Gasteiger partial charge in [0.15, 0.2) is 0 Å². The Bertz CT molecular complexity index is 376. The molecule has 4 heteroatoms. The van der Waals surface area contributed by atoms with Gasteiger partial charge in [-0.2, -0.15) is 0 Å². The molecule has 0 bridgehead atoms. The van der Waals surface area contributed by atoms with Crippen molar-refractivity contribution in [1.29, 1.82) is 0 Å². The smallest absolute Gasteiger partial charge is 0.253 e. The average molecular weight is 207 g/mol. The number of rotatable bonds is 3. The molecule has 0 aromatic heterocycles. The van der Waals surface area contributed by atoms with Crippen LogP contribution in [0.3, 0.4) is 0 Å². The Morgan fingerprint density at radius 1 is 1.60 bits per heavy atom. The molecule has 0 saturated heterocycles. The molecule has 0 aliphatic carbocycles. The molecule has 1 aromatic carbocycles. The first-order valence-corrected chi connectivity index (χ1v) is 4.84. The van der Waals surface area contributed by atoms with Gasteiger partial charge >= 0.3 is 0 Å². The summed E-state index contributed by atoms with van der Waals surface area (Å²) in [7, 11) is 1.54. The van der Waals surface area contributed by atoms with Crippen molar-refractivity contribution in [3.63, 3.8) is 0 Å². The lowest BCUT2D eigenvalue weighted by Gasteiger charge is -2.05. The molecule has 0 spiro atoms. The standard InChI is InChI=1S/C11H13NO3/c1-14-7-12-11(13)9-2-3-10-8(6-9)4-5-15-10/h2-3,6H,4-5,7H2,1H3,(H,12,13). The number of benzene rings is 1. The number of nitrogens with one attached hydrogen (secondary N) is 1. The first-order valence-electron chi connectivity index (χ1n) is 4.84. The van der Waals surface area contributed by atoms with E-state index >= 15 is 0 Å². The summed E-state index contributed by atoms with van der Waals surface area (Å²) in [4.78, 5) is 11.6. The third-order valence-electron chi connectivity index (χ3n) is 2.33. The lowest BCUT2D eigenvalue weighted by atomic mass is 10.1. The fourth-order valence-corrected chi connectivity index (χ4v) is 1.57. The summed E-state index contributed by atoms with van der Waals surface area (Å²) in [5.41, 5.74) is 1.75. The quantitative estimate of drug-likeness (QED) is 0.751. The van der Waals surface area contributed by atoms with Crippen LogP contribution in [0.5, 0.6) is 5.75 Å². The zero-order valence-corrected chi connectivity index (χ0v) is 8.58. The lowest BCUT2D eigenvalue weighted by molar-refractivity contribution is 0.0872.